The van der Waals surface area contributed by atoms with Gasteiger partial charge in [-0.2, -0.15) is 0 Å². The molecule has 16 heavy (non-hydrogen) atoms. The fourth-order valence-electron chi connectivity index (χ4n) is 1.70. The van der Waals surface area contributed by atoms with Gasteiger partial charge in [0.05, 0.1) is 6.10 Å². The zero-order valence-corrected chi connectivity index (χ0v) is 9.90. The molecule has 0 amide bonds. The number of hydrogen-bond acceptors (Lipinski definition) is 4. The SMILES string of the molecule is OC1CCCOC1COc1ccc(S)cc1. The van der Waals surface area contributed by atoms with Gasteiger partial charge in [-0.25, -0.2) is 0 Å². The molecule has 2 rings (SSSR count). The Kier molecular flexibility index (Phi) is 4.09. The Morgan fingerprint density at radius 2 is 2.12 bits per heavy atom. The highest BCUT2D eigenvalue weighted by molar-refractivity contribution is 7.80. The van der Waals surface area contributed by atoms with Crippen LogP contribution in [-0.2, 0) is 4.74 Å². The average molecular weight is 240 g/mol. The van der Waals surface area contributed by atoms with Crippen LogP contribution in [0.5, 0.6) is 5.75 Å². The highest BCUT2D eigenvalue weighted by Crippen LogP contribution is 2.18. The molecule has 1 heterocycles. The van der Waals surface area contributed by atoms with Gasteiger partial charge in [0.1, 0.15) is 18.5 Å². The molecular weight excluding hydrogens is 224 g/mol. The highest BCUT2D eigenvalue weighted by Gasteiger charge is 2.24. The first-order valence-electron chi connectivity index (χ1n) is 5.47. The van der Waals surface area contributed by atoms with Crippen molar-refractivity contribution in [3.05, 3.63) is 24.3 Å². The predicted octanol–water partition coefficient (Wildman–Crippen LogP) is 1.89. The Morgan fingerprint density at radius 3 is 2.81 bits per heavy atom. The van der Waals surface area contributed by atoms with E-state index in [1.165, 1.54) is 0 Å². The summed E-state index contributed by atoms with van der Waals surface area (Å²) in [7, 11) is 0. The molecule has 2 atom stereocenters. The molecule has 1 aromatic rings. The van der Waals surface area contributed by atoms with Crippen LogP contribution in [0.2, 0.25) is 0 Å². The van der Waals surface area contributed by atoms with Gasteiger partial charge in [-0.05, 0) is 37.1 Å². The number of rotatable bonds is 3. The van der Waals surface area contributed by atoms with E-state index < -0.39 is 6.10 Å². The van der Waals surface area contributed by atoms with Crippen LogP contribution in [0.3, 0.4) is 0 Å². The second-order valence-electron chi connectivity index (χ2n) is 3.92. The summed E-state index contributed by atoms with van der Waals surface area (Å²) >= 11 is 4.20. The van der Waals surface area contributed by atoms with Gasteiger partial charge in [-0.3, -0.25) is 0 Å². The molecule has 4 heteroatoms. The molecule has 1 aliphatic rings. The van der Waals surface area contributed by atoms with Gasteiger partial charge in [0.2, 0.25) is 0 Å². The summed E-state index contributed by atoms with van der Waals surface area (Å²) in [5.41, 5.74) is 0. The quantitative estimate of drug-likeness (QED) is 0.793. The van der Waals surface area contributed by atoms with Crippen LogP contribution in [0, 0.1) is 0 Å². The Balaban J connectivity index is 1.84. The van der Waals surface area contributed by atoms with Crippen molar-refractivity contribution in [3.63, 3.8) is 0 Å². The zero-order valence-electron chi connectivity index (χ0n) is 9.00. The lowest BCUT2D eigenvalue weighted by molar-refractivity contribution is -0.0900. The maximum atomic E-state index is 9.67. The normalized spacial score (nSPS) is 25.4. The van der Waals surface area contributed by atoms with E-state index >= 15 is 0 Å². The van der Waals surface area contributed by atoms with Crippen molar-refractivity contribution in [2.45, 2.75) is 29.9 Å². The molecule has 88 valence electrons. The van der Waals surface area contributed by atoms with E-state index in [9.17, 15) is 5.11 Å². The summed E-state index contributed by atoms with van der Waals surface area (Å²) in [5, 5.41) is 9.67. The molecule has 0 bridgehead atoms. The minimum Gasteiger partial charge on any atom is -0.491 e. The van der Waals surface area contributed by atoms with Gasteiger partial charge in [0.15, 0.2) is 0 Å². The molecule has 0 spiro atoms. The van der Waals surface area contributed by atoms with Crippen LogP contribution in [-0.4, -0.2) is 30.5 Å². The summed E-state index contributed by atoms with van der Waals surface area (Å²) in [4.78, 5) is 0.904. The average Bonchev–Trinajstić information content (AvgIpc) is 2.30. The topological polar surface area (TPSA) is 38.7 Å². The van der Waals surface area contributed by atoms with Crippen LogP contribution >= 0.6 is 12.6 Å². The fourth-order valence-corrected chi connectivity index (χ4v) is 1.85. The third-order valence-corrected chi connectivity index (χ3v) is 2.95. The summed E-state index contributed by atoms with van der Waals surface area (Å²) < 4.78 is 11.0. The zero-order chi connectivity index (χ0) is 11.4. The molecule has 1 N–H and O–H groups in total. The molecule has 0 radical (unpaired) electrons. The van der Waals surface area contributed by atoms with E-state index in [4.69, 9.17) is 9.47 Å². The van der Waals surface area contributed by atoms with Gasteiger partial charge in [-0.15, -0.1) is 12.6 Å². The van der Waals surface area contributed by atoms with Crippen molar-refractivity contribution in [2.75, 3.05) is 13.2 Å². The van der Waals surface area contributed by atoms with Crippen LogP contribution in [0.1, 0.15) is 12.8 Å². The van der Waals surface area contributed by atoms with Gasteiger partial charge >= 0.3 is 0 Å². The minimum atomic E-state index is -0.405. The van der Waals surface area contributed by atoms with Crippen molar-refractivity contribution in [2.24, 2.45) is 0 Å². The monoisotopic (exact) mass is 240 g/mol. The van der Waals surface area contributed by atoms with Crippen LogP contribution in [0.25, 0.3) is 0 Å². The number of hydrogen-bond donors (Lipinski definition) is 2. The van der Waals surface area contributed by atoms with Crippen molar-refractivity contribution in [3.8, 4) is 5.75 Å². The van der Waals surface area contributed by atoms with Gasteiger partial charge in [0.25, 0.3) is 0 Å². The summed E-state index contributed by atoms with van der Waals surface area (Å²) in [6, 6.07) is 7.46. The van der Waals surface area contributed by atoms with Crippen LogP contribution < -0.4 is 4.74 Å². The van der Waals surface area contributed by atoms with E-state index in [2.05, 4.69) is 12.6 Å². The third kappa shape index (κ3) is 3.14. The van der Waals surface area contributed by atoms with E-state index in [1.807, 2.05) is 24.3 Å². The lowest BCUT2D eigenvalue weighted by Crippen LogP contribution is -2.38. The Labute approximate surface area is 101 Å². The van der Waals surface area contributed by atoms with Gasteiger partial charge < -0.3 is 14.6 Å². The van der Waals surface area contributed by atoms with E-state index in [0.717, 1.165) is 23.5 Å². The van der Waals surface area contributed by atoms with E-state index in [0.29, 0.717) is 13.2 Å². The third-order valence-electron chi connectivity index (χ3n) is 2.66. The van der Waals surface area contributed by atoms with E-state index in [1.54, 1.807) is 0 Å². The number of aliphatic hydroxyl groups is 1. The molecule has 1 aromatic carbocycles. The second-order valence-corrected chi connectivity index (χ2v) is 4.44. The molecule has 0 saturated carbocycles. The molecule has 3 nitrogen and oxygen atoms in total. The standard InChI is InChI=1S/C12H16O3S/c13-11-2-1-7-14-12(11)8-15-9-3-5-10(16)6-4-9/h3-6,11-13,16H,1-2,7-8H2. The number of aliphatic hydroxyl groups excluding tert-OH is 1. The highest BCUT2D eigenvalue weighted by atomic mass is 32.1. The summed E-state index contributed by atoms with van der Waals surface area (Å²) in [5.74, 6) is 0.777. The number of thiol groups is 1. The first kappa shape index (κ1) is 11.8. The van der Waals surface area contributed by atoms with Crippen LogP contribution in [0.15, 0.2) is 29.2 Å². The summed E-state index contributed by atoms with van der Waals surface area (Å²) in [6.45, 7) is 1.10. The van der Waals surface area contributed by atoms with E-state index in [-0.39, 0.29) is 6.10 Å². The fraction of sp³-hybridized carbons (Fsp3) is 0.500. The van der Waals surface area contributed by atoms with Crippen molar-refractivity contribution < 1.29 is 14.6 Å². The van der Waals surface area contributed by atoms with Crippen molar-refractivity contribution in [1.29, 1.82) is 0 Å². The molecule has 1 saturated heterocycles. The lowest BCUT2D eigenvalue weighted by Gasteiger charge is -2.27. The number of ether oxygens (including phenoxy) is 2. The molecule has 2 unspecified atom stereocenters. The Bertz CT molecular complexity index is 326. The maximum absolute atomic E-state index is 9.67. The van der Waals surface area contributed by atoms with Crippen LogP contribution in [0.4, 0.5) is 0 Å². The molecular formula is C12H16O3S. The first-order chi connectivity index (χ1) is 7.75. The lowest BCUT2D eigenvalue weighted by atomic mass is 10.1. The molecule has 1 aliphatic heterocycles. The Morgan fingerprint density at radius 1 is 1.38 bits per heavy atom. The molecule has 1 fully saturated rings. The van der Waals surface area contributed by atoms with Gasteiger partial charge in [-0.1, -0.05) is 0 Å². The predicted molar refractivity (Wildman–Crippen MR) is 64.2 cm³/mol. The minimum absolute atomic E-state index is 0.204. The first-order valence-corrected chi connectivity index (χ1v) is 5.92. The Hall–Kier alpha value is -0.710. The maximum Gasteiger partial charge on any atom is 0.119 e. The van der Waals surface area contributed by atoms with Crippen molar-refractivity contribution in [1.82, 2.24) is 0 Å². The molecule has 0 aliphatic carbocycles. The smallest absolute Gasteiger partial charge is 0.119 e. The number of benzene rings is 1. The van der Waals surface area contributed by atoms with Crippen molar-refractivity contribution >= 4 is 12.6 Å². The largest absolute Gasteiger partial charge is 0.491 e. The summed E-state index contributed by atoms with van der Waals surface area (Å²) in [6.07, 6.45) is 1.11. The van der Waals surface area contributed by atoms with Gasteiger partial charge in [0, 0.05) is 11.5 Å². The molecule has 0 aromatic heterocycles. The second kappa shape index (κ2) is 5.57.